The van der Waals surface area contributed by atoms with Gasteiger partial charge in [-0.25, -0.2) is 4.98 Å². The molecule has 1 unspecified atom stereocenters. The fraction of sp³-hybridized carbons (Fsp3) is 0.400. The average molecular weight is 276 g/mol. The Hall–Kier alpha value is -1.39. The number of hydrogen-bond acceptors (Lipinski definition) is 4. The molecule has 0 spiro atoms. The molecule has 0 aliphatic heterocycles. The molecule has 4 heteroatoms. The Balaban J connectivity index is 2.22. The van der Waals surface area contributed by atoms with Crippen molar-refractivity contribution in [2.45, 2.75) is 32.7 Å². The summed E-state index contributed by atoms with van der Waals surface area (Å²) < 4.78 is 5.50. The van der Waals surface area contributed by atoms with Crippen molar-refractivity contribution in [3.8, 4) is 5.75 Å². The molecule has 0 saturated heterocycles. The van der Waals surface area contributed by atoms with Gasteiger partial charge >= 0.3 is 0 Å². The van der Waals surface area contributed by atoms with E-state index >= 15 is 0 Å². The number of nitrogens with zero attached hydrogens (tertiary/aromatic N) is 1. The monoisotopic (exact) mass is 276 g/mol. The first-order valence-corrected chi connectivity index (χ1v) is 7.43. The van der Waals surface area contributed by atoms with Gasteiger partial charge in [-0.2, -0.15) is 0 Å². The Bertz CT molecular complexity index is 536. The summed E-state index contributed by atoms with van der Waals surface area (Å²) in [6.07, 6.45) is 0. The van der Waals surface area contributed by atoms with Gasteiger partial charge < -0.3 is 10.5 Å². The highest BCUT2D eigenvalue weighted by Crippen LogP contribution is 2.27. The predicted molar refractivity (Wildman–Crippen MR) is 79.8 cm³/mol. The summed E-state index contributed by atoms with van der Waals surface area (Å²) in [5, 5.41) is 3.05. The summed E-state index contributed by atoms with van der Waals surface area (Å²) in [6, 6.07) is 7.74. The average Bonchev–Trinajstić information content (AvgIpc) is 2.88. The van der Waals surface area contributed by atoms with Crippen molar-refractivity contribution >= 4 is 11.3 Å². The van der Waals surface area contributed by atoms with Gasteiger partial charge in [-0.3, -0.25) is 0 Å². The Morgan fingerprint density at radius 1 is 1.37 bits per heavy atom. The molecule has 0 amide bonds. The summed E-state index contributed by atoms with van der Waals surface area (Å²) in [6.45, 7) is 6.91. The molecule has 3 nitrogen and oxygen atoms in total. The van der Waals surface area contributed by atoms with Gasteiger partial charge in [0.15, 0.2) is 0 Å². The summed E-state index contributed by atoms with van der Waals surface area (Å²) >= 11 is 1.62. The van der Waals surface area contributed by atoms with E-state index in [4.69, 9.17) is 10.5 Å². The first-order chi connectivity index (χ1) is 9.11. The molecule has 2 N–H and O–H groups in total. The Kier molecular flexibility index (Phi) is 4.56. The molecule has 0 bridgehead atoms. The maximum Gasteiger partial charge on any atom is 0.119 e. The molecule has 2 rings (SSSR count). The Labute approximate surface area is 118 Å². The van der Waals surface area contributed by atoms with Gasteiger partial charge in [-0.1, -0.05) is 26.0 Å². The molecule has 0 fully saturated rings. The van der Waals surface area contributed by atoms with Gasteiger partial charge in [-0.05, 0) is 30.5 Å². The molecule has 0 aliphatic rings. The van der Waals surface area contributed by atoms with Crippen LogP contribution in [0.2, 0.25) is 0 Å². The minimum atomic E-state index is -0.182. The molecule has 0 saturated carbocycles. The Morgan fingerprint density at radius 3 is 2.79 bits per heavy atom. The number of aromatic nitrogens is 1. The second-order valence-corrected chi connectivity index (χ2v) is 5.64. The van der Waals surface area contributed by atoms with Crippen LogP contribution in [0, 0.1) is 0 Å². The van der Waals surface area contributed by atoms with Crippen LogP contribution >= 0.6 is 11.3 Å². The Morgan fingerprint density at radius 2 is 2.16 bits per heavy atom. The number of nitrogens with two attached hydrogens (primary N) is 1. The van der Waals surface area contributed by atoms with Crippen LogP contribution in [-0.4, -0.2) is 11.6 Å². The molecule has 1 heterocycles. The zero-order chi connectivity index (χ0) is 13.8. The van der Waals surface area contributed by atoms with E-state index < -0.39 is 0 Å². The van der Waals surface area contributed by atoms with E-state index in [0.717, 1.165) is 22.0 Å². The van der Waals surface area contributed by atoms with Crippen molar-refractivity contribution in [1.82, 2.24) is 4.98 Å². The second-order valence-electron chi connectivity index (χ2n) is 4.75. The number of rotatable bonds is 5. The maximum absolute atomic E-state index is 6.29. The third kappa shape index (κ3) is 3.33. The molecule has 1 aromatic carbocycles. The lowest BCUT2D eigenvalue weighted by molar-refractivity contribution is 0.340. The quantitative estimate of drug-likeness (QED) is 0.905. The fourth-order valence-corrected chi connectivity index (χ4v) is 2.82. The summed E-state index contributed by atoms with van der Waals surface area (Å²) in [7, 11) is 0. The van der Waals surface area contributed by atoms with Crippen molar-refractivity contribution in [3.63, 3.8) is 0 Å². The highest BCUT2D eigenvalue weighted by Gasteiger charge is 2.15. The standard InChI is InChI=1S/C15H20N2OS/c1-4-18-12-7-5-6-11(8-12)14(16)15-17-13(9-19-15)10(2)3/h5-10,14H,4,16H2,1-3H3. The normalized spacial score (nSPS) is 12.7. The minimum Gasteiger partial charge on any atom is -0.494 e. The molecular formula is C15H20N2OS. The lowest BCUT2D eigenvalue weighted by atomic mass is 10.1. The molecule has 19 heavy (non-hydrogen) atoms. The highest BCUT2D eigenvalue weighted by molar-refractivity contribution is 7.09. The fourth-order valence-electron chi connectivity index (χ4n) is 1.82. The third-order valence-electron chi connectivity index (χ3n) is 2.93. The van der Waals surface area contributed by atoms with E-state index in [-0.39, 0.29) is 6.04 Å². The van der Waals surface area contributed by atoms with Crippen molar-refractivity contribution in [2.24, 2.45) is 5.73 Å². The molecular weight excluding hydrogens is 256 g/mol. The molecule has 1 atom stereocenters. The van der Waals surface area contributed by atoms with Crippen molar-refractivity contribution < 1.29 is 4.74 Å². The van der Waals surface area contributed by atoms with Gasteiger partial charge in [0, 0.05) is 5.38 Å². The van der Waals surface area contributed by atoms with Gasteiger partial charge in [0.1, 0.15) is 10.8 Å². The summed E-state index contributed by atoms with van der Waals surface area (Å²) in [5.74, 6) is 1.29. The van der Waals surface area contributed by atoms with E-state index in [9.17, 15) is 0 Å². The number of ether oxygens (including phenoxy) is 1. The first kappa shape index (κ1) is 14.0. The lowest BCUT2D eigenvalue weighted by Gasteiger charge is -2.11. The number of benzene rings is 1. The SMILES string of the molecule is CCOc1cccc(C(N)c2nc(C(C)C)cs2)c1. The smallest absolute Gasteiger partial charge is 0.119 e. The van der Waals surface area contributed by atoms with Crippen LogP contribution in [0.4, 0.5) is 0 Å². The lowest BCUT2D eigenvalue weighted by Crippen LogP contribution is -2.12. The van der Waals surface area contributed by atoms with Crippen LogP contribution in [0.1, 0.15) is 49.0 Å². The van der Waals surface area contributed by atoms with E-state index in [2.05, 4.69) is 24.2 Å². The van der Waals surface area contributed by atoms with Crippen molar-refractivity contribution in [1.29, 1.82) is 0 Å². The predicted octanol–water partition coefficient (Wildman–Crippen LogP) is 3.71. The maximum atomic E-state index is 6.29. The first-order valence-electron chi connectivity index (χ1n) is 6.55. The molecule has 0 aliphatic carbocycles. The topological polar surface area (TPSA) is 48.1 Å². The van der Waals surface area contributed by atoms with Gasteiger partial charge in [0.05, 0.1) is 18.3 Å². The number of hydrogen-bond donors (Lipinski definition) is 1. The van der Waals surface area contributed by atoms with Gasteiger partial charge in [0.25, 0.3) is 0 Å². The van der Waals surface area contributed by atoms with Crippen LogP contribution in [0.3, 0.4) is 0 Å². The van der Waals surface area contributed by atoms with Gasteiger partial charge in [0.2, 0.25) is 0 Å². The molecule has 0 radical (unpaired) electrons. The van der Waals surface area contributed by atoms with Gasteiger partial charge in [-0.15, -0.1) is 11.3 Å². The van der Waals surface area contributed by atoms with Crippen molar-refractivity contribution in [3.05, 3.63) is 45.9 Å². The summed E-state index contributed by atoms with van der Waals surface area (Å²) in [4.78, 5) is 4.61. The van der Waals surface area contributed by atoms with E-state index in [1.807, 2.05) is 31.2 Å². The largest absolute Gasteiger partial charge is 0.494 e. The zero-order valence-corrected chi connectivity index (χ0v) is 12.4. The zero-order valence-electron chi connectivity index (χ0n) is 11.6. The highest BCUT2D eigenvalue weighted by atomic mass is 32.1. The van der Waals surface area contributed by atoms with Crippen LogP contribution < -0.4 is 10.5 Å². The second kappa shape index (κ2) is 6.17. The van der Waals surface area contributed by atoms with Crippen molar-refractivity contribution in [2.75, 3.05) is 6.61 Å². The molecule has 2 aromatic rings. The number of thiazole rings is 1. The summed E-state index contributed by atoms with van der Waals surface area (Å²) in [5.41, 5.74) is 8.43. The van der Waals surface area contributed by atoms with Crippen LogP contribution in [0.15, 0.2) is 29.6 Å². The van der Waals surface area contributed by atoms with Crippen LogP contribution in [0.5, 0.6) is 5.75 Å². The van der Waals surface area contributed by atoms with E-state index in [0.29, 0.717) is 12.5 Å². The molecule has 1 aromatic heterocycles. The van der Waals surface area contributed by atoms with Crippen LogP contribution in [-0.2, 0) is 0 Å². The van der Waals surface area contributed by atoms with E-state index in [1.54, 1.807) is 11.3 Å². The minimum absolute atomic E-state index is 0.182. The van der Waals surface area contributed by atoms with E-state index in [1.165, 1.54) is 0 Å². The third-order valence-corrected chi connectivity index (χ3v) is 3.87. The molecule has 102 valence electrons. The van der Waals surface area contributed by atoms with Crippen LogP contribution in [0.25, 0.3) is 0 Å².